The van der Waals surface area contributed by atoms with Gasteiger partial charge in [-0.1, -0.05) is 37.5 Å². The highest BCUT2D eigenvalue weighted by molar-refractivity contribution is 5.99. The Labute approximate surface area is 131 Å². The number of hydrogen-bond acceptors (Lipinski definition) is 3. The summed E-state index contributed by atoms with van der Waals surface area (Å²) in [5.74, 6) is 0.922. The molecule has 2 aliphatic rings. The van der Waals surface area contributed by atoms with E-state index in [2.05, 4.69) is 5.32 Å². The number of para-hydroxylation sites is 1. The number of aliphatic hydroxyl groups is 1. The molecule has 0 bridgehead atoms. The largest absolute Gasteiger partial charge is 0.488 e. The summed E-state index contributed by atoms with van der Waals surface area (Å²) in [6.07, 6.45) is 7.26. The van der Waals surface area contributed by atoms with E-state index in [4.69, 9.17) is 4.74 Å². The third-order valence-corrected chi connectivity index (χ3v) is 4.63. The molecule has 2 atom stereocenters. The van der Waals surface area contributed by atoms with E-state index < -0.39 is 0 Å². The molecule has 2 N–H and O–H groups in total. The number of carbonyl (C=O) groups excluding carboxylic acids is 1. The van der Waals surface area contributed by atoms with Crippen LogP contribution in [0.1, 0.15) is 37.7 Å². The molecule has 1 heterocycles. The summed E-state index contributed by atoms with van der Waals surface area (Å²) in [6.45, 7) is 0.447. The first-order chi connectivity index (χ1) is 10.8. The van der Waals surface area contributed by atoms with Gasteiger partial charge in [-0.15, -0.1) is 0 Å². The second kappa shape index (κ2) is 6.97. The lowest BCUT2D eigenvalue weighted by atomic mass is 9.95. The molecule has 1 aliphatic heterocycles. The van der Waals surface area contributed by atoms with Gasteiger partial charge in [0.2, 0.25) is 0 Å². The maximum Gasteiger partial charge on any atom is 0.250 e. The van der Waals surface area contributed by atoms with E-state index in [9.17, 15) is 9.90 Å². The molecule has 0 aromatic heterocycles. The van der Waals surface area contributed by atoms with Crippen LogP contribution in [0.2, 0.25) is 0 Å². The first-order valence-corrected chi connectivity index (χ1v) is 8.12. The van der Waals surface area contributed by atoms with E-state index in [-0.39, 0.29) is 24.5 Å². The van der Waals surface area contributed by atoms with Crippen LogP contribution in [-0.4, -0.2) is 30.3 Å². The van der Waals surface area contributed by atoms with Gasteiger partial charge in [0.1, 0.15) is 12.4 Å². The minimum absolute atomic E-state index is 0.0677. The zero-order valence-corrected chi connectivity index (χ0v) is 12.8. The maximum absolute atomic E-state index is 12.5. The second-order valence-electron chi connectivity index (χ2n) is 6.16. The smallest absolute Gasteiger partial charge is 0.250 e. The summed E-state index contributed by atoms with van der Waals surface area (Å²) in [7, 11) is 0. The van der Waals surface area contributed by atoms with Crippen molar-refractivity contribution in [1.29, 1.82) is 0 Å². The van der Waals surface area contributed by atoms with Crippen LogP contribution < -0.4 is 10.1 Å². The van der Waals surface area contributed by atoms with Crippen LogP contribution in [-0.2, 0) is 4.79 Å². The van der Waals surface area contributed by atoms with Crippen LogP contribution in [0.15, 0.2) is 29.8 Å². The van der Waals surface area contributed by atoms with Gasteiger partial charge in [0.25, 0.3) is 5.91 Å². The van der Waals surface area contributed by atoms with Crippen molar-refractivity contribution >= 4 is 12.0 Å². The number of hydrogen-bond donors (Lipinski definition) is 2. The number of aliphatic hydroxyl groups excluding tert-OH is 1. The van der Waals surface area contributed by atoms with Crippen LogP contribution in [0.25, 0.3) is 6.08 Å². The molecule has 0 radical (unpaired) electrons. The van der Waals surface area contributed by atoms with Gasteiger partial charge >= 0.3 is 0 Å². The molecule has 1 saturated carbocycles. The molecule has 1 aliphatic carbocycles. The molecule has 4 heteroatoms. The van der Waals surface area contributed by atoms with Crippen molar-refractivity contribution < 1.29 is 14.6 Å². The molecule has 1 aromatic rings. The molecular formula is C18H23NO3. The number of rotatable bonds is 3. The molecule has 22 heavy (non-hydrogen) atoms. The van der Waals surface area contributed by atoms with Gasteiger partial charge in [-0.25, -0.2) is 0 Å². The van der Waals surface area contributed by atoms with Crippen LogP contribution >= 0.6 is 0 Å². The van der Waals surface area contributed by atoms with Gasteiger partial charge in [-0.05, 0) is 25.0 Å². The van der Waals surface area contributed by atoms with E-state index in [1.54, 1.807) is 0 Å². The first-order valence-electron chi connectivity index (χ1n) is 8.12. The van der Waals surface area contributed by atoms with Crippen molar-refractivity contribution in [2.45, 2.75) is 38.1 Å². The molecule has 1 aromatic carbocycles. The van der Waals surface area contributed by atoms with Crippen LogP contribution in [0.3, 0.4) is 0 Å². The summed E-state index contributed by atoms with van der Waals surface area (Å²) in [5.41, 5.74) is 1.60. The molecule has 4 nitrogen and oxygen atoms in total. The molecule has 0 spiro atoms. The van der Waals surface area contributed by atoms with Crippen LogP contribution in [0, 0.1) is 5.92 Å². The SMILES string of the molecule is O=C(NC1CCCCCC1CO)C1=Cc2ccccc2OC1. The van der Waals surface area contributed by atoms with Crippen molar-refractivity contribution in [3.8, 4) is 5.75 Å². The van der Waals surface area contributed by atoms with Crippen molar-refractivity contribution in [2.24, 2.45) is 5.92 Å². The first kappa shape index (κ1) is 15.1. The summed E-state index contributed by atoms with van der Waals surface area (Å²) >= 11 is 0. The molecule has 1 fully saturated rings. The van der Waals surface area contributed by atoms with Gasteiger partial charge in [0, 0.05) is 24.1 Å². The predicted octanol–water partition coefficient (Wildman–Crippen LogP) is 2.52. The van der Waals surface area contributed by atoms with Gasteiger partial charge < -0.3 is 15.2 Å². The molecule has 118 valence electrons. The number of fused-ring (bicyclic) bond motifs is 1. The minimum Gasteiger partial charge on any atom is -0.488 e. The standard InChI is InChI=1S/C18H23NO3/c20-11-14-7-2-1-3-8-16(14)19-18(21)15-10-13-6-4-5-9-17(13)22-12-15/h4-6,9-10,14,16,20H,1-3,7-8,11-12H2,(H,19,21). The van der Waals surface area contributed by atoms with E-state index >= 15 is 0 Å². The second-order valence-corrected chi connectivity index (χ2v) is 6.16. The Hall–Kier alpha value is -1.81. The van der Waals surface area contributed by atoms with E-state index in [1.807, 2.05) is 30.3 Å². The van der Waals surface area contributed by atoms with Crippen molar-refractivity contribution in [3.63, 3.8) is 0 Å². The zero-order chi connectivity index (χ0) is 15.4. The average Bonchev–Trinajstić information content (AvgIpc) is 2.79. The number of benzene rings is 1. The van der Waals surface area contributed by atoms with Crippen LogP contribution in [0.4, 0.5) is 0 Å². The lowest BCUT2D eigenvalue weighted by Gasteiger charge is -2.26. The number of ether oxygens (including phenoxy) is 1. The van der Waals surface area contributed by atoms with Gasteiger partial charge in [0.05, 0.1) is 5.57 Å². The lowest BCUT2D eigenvalue weighted by Crippen LogP contribution is -2.42. The van der Waals surface area contributed by atoms with E-state index in [1.165, 1.54) is 6.42 Å². The Balaban J connectivity index is 1.70. The topological polar surface area (TPSA) is 58.6 Å². The Kier molecular flexibility index (Phi) is 4.78. The summed E-state index contributed by atoms with van der Waals surface area (Å²) in [4.78, 5) is 12.5. The Morgan fingerprint density at radius 1 is 1.23 bits per heavy atom. The van der Waals surface area contributed by atoms with Crippen molar-refractivity contribution in [3.05, 3.63) is 35.4 Å². The Bertz CT molecular complexity index is 567. The third kappa shape index (κ3) is 3.33. The van der Waals surface area contributed by atoms with E-state index in [0.717, 1.165) is 37.0 Å². The molecule has 1 amide bonds. The average molecular weight is 301 g/mol. The number of carbonyl (C=O) groups is 1. The van der Waals surface area contributed by atoms with Gasteiger partial charge in [-0.2, -0.15) is 0 Å². The Morgan fingerprint density at radius 2 is 2.05 bits per heavy atom. The quantitative estimate of drug-likeness (QED) is 0.843. The highest BCUT2D eigenvalue weighted by atomic mass is 16.5. The summed E-state index contributed by atoms with van der Waals surface area (Å²) in [6, 6.07) is 7.79. The van der Waals surface area contributed by atoms with Gasteiger partial charge in [-0.3, -0.25) is 4.79 Å². The minimum atomic E-state index is -0.0696. The van der Waals surface area contributed by atoms with Crippen molar-refractivity contribution in [1.82, 2.24) is 5.32 Å². The number of nitrogens with one attached hydrogen (secondary N) is 1. The normalized spacial score (nSPS) is 24.5. The molecule has 3 rings (SSSR count). The molecule has 2 unspecified atom stereocenters. The highest BCUT2D eigenvalue weighted by Crippen LogP contribution is 2.27. The van der Waals surface area contributed by atoms with E-state index in [0.29, 0.717) is 12.2 Å². The highest BCUT2D eigenvalue weighted by Gasteiger charge is 2.26. The lowest BCUT2D eigenvalue weighted by molar-refractivity contribution is -0.119. The van der Waals surface area contributed by atoms with Crippen molar-refractivity contribution in [2.75, 3.05) is 13.2 Å². The van der Waals surface area contributed by atoms with Gasteiger partial charge in [0.15, 0.2) is 0 Å². The maximum atomic E-state index is 12.5. The fraction of sp³-hybridized carbons (Fsp3) is 0.500. The monoisotopic (exact) mass is 301 g/mol. The predicted molar refractivity (Wildman–Crippen MR) is 85.5 cm³/mol. The fourth-order valence-corrected chi connectivity index (χ4v) is 3.30. The Morgan fingerprint density at radius 3 is 2.91 bits per heavy atom. The van der Waals surface area contributed by atoms with Crippen LogP contribution in [0.5, 0.6) is 5.75 Å². The molecular weight excluding hydrogens is 278 g/mol. The number of amides is 1. The zero-order valence-electron chi connectivity index (χ0n) is 12.8. The fourth-order valence-electron chi connectivity index (χ4n) is 3.30. The summed E-state index contributed by atoms with van der Waals surface area (Å²) < 4.78 is 5.65. The summed E-state index contributed by atoms with van der Waals surface area (Å²) in [5, 5.41) is 12.7. The third-order valence-electron chi connectivity index (χ3n) is 4.63. The molecule has 0 saturated heterocycles.